The van der Waals surface area contributed by atoms with E-state index >= 15 is 0 Å². The maximum atomic E-state index is 4.50. The number of anilines is 1. The molecular formula is C20H24N6. The quantitative estimate of drug-likeness (QED) is 0.785. The summed E-state index contributed by atoms with van der Waals surface area (Å²) in [6, 6.07) is 9.25. The lowest BCUT2D eigenvalue weighted by atomic mass is 9.95. The van der Waals surface area contributed by atoms with Gasteiger partial charge < -0.3 is 4.90 Å². The van der Waals surface area contributed by atoms with Gasteiger partial charge in [-0.1, -0.05) is 24.3 Å². The molecule has 3 aromatic rings. The molecule has 1 N–H and O–H groups in total. The molecule has 1 saturated heterocycles. The summed E-state index contributed by atoms with van der Waals surface area (Å²) in [5.74, 6) is 0.946. The van der Waals surface area contributed by atoms with Crippen LogP contribution in [-0.2, 0) is 0 Å². The van der Waals surface area contributed by atoms with Crippen molar-refractivity contribution in [2.75, 3.05) is 24.5 Å². The number of rotatable bonds is 4. The summed E-state index contributed by atoms with van der Waals surface area (Å²) in [7, 11) is 0. The summed E-state index contributed by atoms with van der Waals surface area (Å²) in [5.41, 5.74) is 3.91. The minimum atomic E-state index is 0.289. The van der Waals surface area contributed by atoms with Crippen molar-refractivity contribution in [3.63, 3.8) is 0 Å². The van der Waals surface area contributed by atoms with Crippen LogP contribution in [-0.4, -0.2) is 44.7 Å². The number of H-pyrrole nitrogens is 1. The third-order valence-corrected chi connectivity index (χ3v) is 5.34. The fourth-order valence-corrected chi connectivity index (χ4v) is 3.84. The number of hydrogen-bond acceptors (Lipinski definition) is 5. The van der Waals surface area contributed by atoms with E-state index in [0.29, 0.717) is 6.04 Å². The monoisotopic (exact) mass is 348 g/mol. The first-order valence-corrected chi connectivity index (χ1v) is 9.05. The Morgan fingerprint density at radius 3 is 2.77 bits per heavy atom. The molecule has 1 aliphatic heterocycles. The molecule has 2 aromatic heterocycles. The number of aryl methyl sites for hydroxylation is 1. The maximum Gasteiger partial charge on any atom is 0.147 e. The van der Waals surface area contributed by atoms with Crippen molar-refractivity contribution in [2.45, 2.75) is 25.9 Å². The highest BCUT2D eigenvalue weighted by molar-refractivity contribution is 5.39. The number of aromatic nitrogens is 4. The van der Waals surface area contributed by atoms with Gasteiger partial charge in [0.2, 0.25) is 0 Å². The van der Waals surface area contributed by atoms with E-state index in [1.54, 1.807) is 12.4 Å². The number of hydrogen-bond donors (Lipinski definition) is 1. The molecule has 2 unspecified atom stereocenters. The first-order chi connectivity index (χ1) is 12.7. The van der Waals surface area contributed by atoms with E-state index in [1.165, 1.54) is 16.7 Å². The van der Waals surface area contributed by atoms with Crippen LogP contribution < -0.4 is 4.90 Å². The smallest absolute Gasteiger partial charge is 0.147 e. The Hall–Kier alpha value is -2.73. The second kappa shape index (κ2) is 7.25. The van der Waals surface area contributed by atoms with E-state index in [0.717, 1.165) is 25.5 Å². The second-order valence-electron chi connectivity index (χ2n) is 6.83. The van der Waals surface area contributed by atoms with Crippen LogP contribution in [0.2, 0.25) is 0 Å². The topological polar surface area (TPSA) is 60.9 Å². The molecule has 4 rings (SSSR count). The molecule has 134 valence electrons. The molecule has 3 heterocycles. The van der Waals surface area contributed by atoms with Crippen LogP contribution in [0.3, 0.4) is 0 Å². The van der Waals surface area contributed by atoms with E-state index in [2.05, 4.69) is 68.1 Å². The summed E-state index contributed by atoms with van der Waals surface area (Å²) in [6.45, 7) is 7.24. The number of aromatic amines is 1. The first kappa shape index (κ1) is 16.7. The lowest BCUT2D eigenvalue weighted by molar-refractivity contribution is 0.127. The molecule has 0 saturated carbocycles. The Kier molecular flexibility index (Phi) is 4.67. The van der Waals surface area contributed by atoms with Gasteiger partial charge in [0.15, 0.2) is 0 Å². The maximum absolute atomic E-state index is 4.50. The van der Waals surface area contributed by atoms with Crippen LogP contribution in [0.25, 0.3) is 0 Å². The van der Waals surface area contributed by atoms with Crippen LogP contribution in [0.15, 0.2) is 55.2 Å². The van der Waals surface area contributed by atoms with Crippen molar-refractivity contribution < 1.29 is 0 Å². The van der Waals surface area contributed by atoms with Crippen molar-refractivity contribution in [1.82, 2.24) is 25.1 Å². The van der Waals surface area contributed by atoms with E-state index in [-0.39, 0.29) is 6.04 Å². The summed E-state index contributed by atoms with van der Waals surface area (Å²) in [5, 5.41) is 7.08. The lowest BCUT2D eigenvalue weighted by Gasteiger charge is -2.45. The van der Waals surface area contributed by atoms with E-state index in [9.17, 15) is 0 Å². The van der Waals surface area contributed by atoms with E-state index in [4.69, 9.17) is 0 Å². The van der Waals surface area contributed by atoms with Gasteiger partial charge in [-0.25, -0.2) is 4.98 Å². The summed E-state index contributed by atoms with van der Waals surface area (Å²) < 4.78 is 0. The summed E-state index contributed by atoms with van der Waals surface area (Å²) in [4.78, 5) is 13.6. The first-order valence-electron chi connectivity index (χ1n) is 9.05. The van der Waals surface area contributed by atoms with Gasteiger partial charge >= 0.3 is 0 Å². The molecule has 1 aliphatic rings. The van der Waals surface area contributed by atoms with Gasteiger partial charge in [-0.2, -0.15) is 5.10 Å². The number of benzene rings is 1. The Bertz CT molecular complexity index is 833. The molecule has 0 spiro atoms. The standard InChI is InChI=1S/C20H24N6/c1-15-5-3-4-6-18(15)19-14-25(20-13-21-7-8-22-20)9-10-26(19)16(2)17-11-23-24-12-17/h3-8,11-13,16,19H,9-10,14H2,1-2H3,(H,23,24). The predicted molar refractivity (Wildman–Crippen MR) is 102 cm³/mol. The highest BCUT2D eigenvalue weighted by atomic mass is 15.3. The highest BCUT2D eigenvalue weighted by Gasteiger charge is 2.33. The molecule has 0 amide bonds. The Labute approximate surface area is 153 Å². The SMILES string of the molecule is Cc1ccccc1C1CN(c2cnccn2)CCN1C(C)c1cn[nH]c1. The average molecular weight is 348 g/mol. The molecule has 0 aliphatic carbocycles. The van der Waals surface area contributed by atoms with Gasteiger partial charge in [0, 0.05) is 49.8 Å². The second-order valence-corrected chi connectivity index (χ2v) is 6.83. The number of piperazine rings is 1. The lowest BCUT2D eigenvalue weighted by Crippen LogP contribution is -2.49. The molecule has 0 bridgehead atoms. The van der Waals surface area contributed by atoms with Gasteiger partial charge in [0.25, 0.3) is 0 Å². The van der Waals surface area contributed by atoms with Crippen LogP contribution in [0, 0.1) is 6.92 Å². The van der Waals surface area contributed by atoms with Crippen molar-refractivity contribution in [2.24, 2.45) is 0 Å². The fraction of sp³-hybridized carbons (Fsp3) is 0.350. The highest BCUT2D eigenvalue weighted by Crippen LogP contribution is 2.35. The van der Waals surface area contributed by atoms with Gasteiger partial charge in [-0.05, 0) is 25.0 Å². The summed E-state index contributed by atoms with van der Waals surface area (Å²) in [6.07, 6.45) is 9.26. The third-order valence-electron chi connectivity index (χ3n) is 5.34. The Morgan fingerprint density at radius 2 is 2.04 bits per heavy atom. The zero-order chi connectivity index (χ0) is 17.9. The van der Waals surface area contributed by atoms with Crippen molar-refractivity contribution in [3.8, 4) is 0 Å². The largest absolute Gasteiger partial charge is 0.352 e. The molecule has 1 aromatic carbocycles. The van der Waals surface area contributed by atoms with E-state index in [1.807, 2.05) is 18.6 Å². The number of nitrogens with zero attached hydrogens (tertiary/aromatic N) is 5. The predicted octanol–water partition coefficient (Wildman–Crippen LogP) is 3.13. The summed E-state index contributed by atoms with van der Waals surface area (Å²) >= 11 is 0. The molecular weight excluding hydrogens is 324 g/mol. The van der Waals surface area contributed by atoms with Gasteiger partial charge in [0.1, 0.15) is 5.82 Å². The van der Waals surface area contributed by atoms with Crippen LogP contribution in [0.1, 0.15) is 35.7 Å². The van der Waals surface area contributed by atoms with Crippen LogP contribution >= 0.6 is 0 Å². The molecule has 6 nitrogen and oxygen atoms in total. The molecule has 0 radical (unpaired) electrons. The molecule has 2 atom stereocenters. The van der Waals surface area contributed by atoms with Crippen molar-refractivity contribution in [1.29, 1.82) is 0 Å². The minimum Gasteiger partial charge on any atom is -0.352 e. The molecule has 26 heavy (non-hydrogen) atoms. The average Bonchev–Trinajstić information content (AvgIpc) is 3.23. The van der Waals surface area contributed by atoms with E-state index < -0.39 is 0 Å². The van der Waals surface area contributed by atoms with Crippen LogP contribution in [0.4, 0.5) is 5.82 Å². The van der Waals surface area contributed by atoms with Gasteiger partial charge in [-0.3, -0.25) is 15.0 Å². The van der Waals surface area contributed by atoms with Crippen LogP contribution in [0.5, 0.6) is 0 Å². The zero-order valence-electron chi connectivity index (χ0n) is 15.2. The molecule has 1 fully saturated rings. The minimum absolute atomic E-state index is 0.289. The normalized spacial score (nSPS) is 19.5. The Balaban J connectivity index is 1.67. The Morgan fingerprint density at radius 1 is 1.15 bits per heavy atom. The fourth-order valence-electron chi connectivity index (χ4n) is 3.84. The van der Waals surface area contributed by atoms with Crippen molar-refractivity contribution >= 4 is 5.82 Å². The number of nitrogens with one attached hydrogen (secondary N) is 1. The zero-order valence-corrected chi connectivity index (χ0v) is 15.2. The van der Waals surface area contributed by atoms with Gasteiger partial charge in [0.05, 0.1) is 18.4 Å². The van der Waals surface area contributed by atoms with Crippen molar-refractivity contribution in [3.05, 3.63) is 71.9 Å². The van der Waals surface area contributed by atoms with Gasteiger partial charge in [-0.15, -0.1) is 0 Å². The molecule has 6 heteroatoms. The third kappa shape index (κ3) is 3.20.